The molecule has 0 aliphatic carbocycles. The Labute approximate surface area is 166 Å². The number of benzene rings is 2. The molecule has 0 spiro atoms. The van der Waals surface area contributed by atoms with Gasteiger partial charge in [0, 0.05) is 49.6 Å². The maximum absolute atomic E-state index is 13.1. The van der Waals surface area contributed by atoms with Crippen LogP contribution in [0.5, 0.6) is 0 Å². The van der Waals surface area contributed by atoms with Gasteiger partial charge in [0.25, 0.3) is 5.69 Å². The van der Waals surface area contributed by atoms with E-state index in [1.165, 1.54) is 24.3 Å². The molecule has 1 aliphatic rings. The molecule has 1 aliphatic heterocycles. The summed E-state index contributed by atoms with van der Waals surface area (Å²) >= 11 is 0. The molecule has 1 saturated heterocycles. The van der Waals surface area contributed by atoms with Crippen molar-refractivity contribution in [1.82, 2.24) is 15.1 Å². The van der Waals surface area contributed by atoms with Gasteiger partial charge in [-0.2, -0.15) is 0 Å². The minimum Gasteiger partial charge on any atom is -0.419 e. The van der Waals surface area contributed by atoms with Crippen LogP contribution in [0.2, 0.25) is 0 Å². The van der Waals surface area contributed by atoms with E-state index in [9.17, 15) is 14.5 Å². The molecule has 8 nitrogen and oxygen atoms in total. The zero-order valence-electron chi connectivity index (χ0n) is 15.9. The Balaban J connectivity index is 1.40. The third kappa shape index (κ3) is 4.09. The Hall–Kier alpha value is -3.33. The van der Waals surface area contributed by atoms with Crippen molar-refractivity contribution >= 4 is 11.4 Å². The summed E-state index contributed by atoms with van der Waals surface area (Å²) in [5, 5.41) is 19.0. The zero-order valence-corrected chi connectivity index (χ0v) is 15.9. The third-order valence-electron chi connectivity index (χ3n) is 5.18. The molecule has 0 radical (unpaired) electrons. The molecule has 2 aromatic carbocycles. The summed E-state index contributed by atoms with van der Waals surface area (Å²) in [6.45, 7) is 5.28. The standard InChI is InChI=1S/C20H20FN5O3/c1-14(24-10-12-25(13-11-24)17-8-4-16(21)5-9-17)19-22-23-20(29-19)15-2-6-18(7-3-15)26(27)28/h2-9,14H,10-13H2,1H3/t14-/m0/s1. The average Bonchev–Trinajstić information content (AvgIpc) is 3.24. The Morgan fingerprint density at radius 3 is 2.31 bits per heavy atom. The lowest BCUT2D eigenvalue weighted by molar-refractivity contribution is -0.384. The Kier molecular flexibility index (Phi) is 5.22. The van der Waals surface area contributed by atoms with Crippen molar-refractivity contribution in [3.63, 3.8) is 0 Å². The SMILES string of the molecule is C[C@@H](c1nnc(-c2ccc([N+](=O)[O-])cc2)o1)N1CCN(c2ccc(F)cc2)CC1. The molecule has 2 heterocycles. The second-order valence-electron chi connectivity index (χ2n) is 6.92. The first-order chi connectivity index (χ1) is 14.0. The first-order valence-electron chi connectivity index (χ1n) is 9.34. The Morgan fingerprint density at radius 2 is 1.69 bits per heavy atom. The van der Waals surface area contributed by atoms with E-state index in [0.29, 0.717) is 17.3 Å². The molecule has 0 amide bonds. The van der Waals surface area contributed by atoms with Crippen molar-refractivity contribution in [2.45, 2.75) is 13.0 Å². The highest BCUT2D eigenvalue weighted by Crippen LogP contribution is 2.27. The second kappa shape index (κ2) is 7.96. The van der Waals surface area contributed by atoms with E-state index >= 15 is 0 Å². The first kappa shape index (κ1) is 19.0. The van der Waals surface area contributed by atoms with Gasteiger partial charge in [-0.1, -0.05) is 0 Å². The number of anilines is 1. The largest absolute Gasteiger partial charge is 0.419 e. The van der Waals surface area contributed by atoms with Crippen LogP contribution in [0.25, 0.3) is 11.5 Å². The highest BCUT2D eigenvalue weighted by atomic mass is 19.1. The van der Waals surface area contributed by atoms with Crippen LogP contribution < -0.4 is 4.90 Å². The lowest BCUT2D eigenvalue weighted by Crippen LogP contribution is -2.47. The maximum Gasteiger partial charge on any atom is 0.269 e. The van der Waals surface area contributed by atoms with Crippen LogP contribution in [-0.2, 0) is 0 Å². The predicted molar refractivity (Wildman–Crippen MR) is 105 cm³/mol. The van der Waals surface area contributed by atoms with Crippen LogP contribution in [0, 0.1) is 15.9 Å². The zero-order chi connectivity index (χ0) is 20.4. The van der Waals surface area contributed by atoms with E-state index in [4.69, 9.17) is 4.42 Å². The number of nitro groups is 1. The smallest absolute Gasteiger partial charge is 0.269 e. The fourth-order valence-corrected chi connectivity index (χ4v) is 3.42. The number of non-ortho nitro benzene ring substituents is 1. The normalized spacial score (nSPS) is 16.0. The number of hydrogen-bond acceptors (Lipinski definition) is 7. The van der Waals surface area contributed by atoms with E-state index in [0.717, 1.165) is 31.9 Å². The van der Waals surface area contributed by atoms with Gasteiger partial charge in [-0.05, 0) is 43.3 Å². The van der Waals surface area contributed by atoms with E-state index in [1.807, 2.05) is 6.92 Å². The number of hydrogen-bond donors (Lipinski definition) is 0. The van der Waals surface area contributed by atoms with Gasteiger partial charge < -0.3 is 9.32 Å². The van der Waals surface area contributed by atoms with Crippen molar-refractivity contribution < 1.29 is 13.7 Å². The van der Waals surface area contributed by atoms with Crippen molar-refractivity contribution in [3.05, 3.63) is 70.4 Å². The summed E-state index contributed by atoms with van der Waals surface area (Å²) in [5.74, 6) is 0.613. The van der Waals surface area contributed by atoms with Crippen LogP contribution in [-0.4, -0.2) is 46.2 Å². The summed E-state index contributed by atoms with van der Waals surface area (Å²) in [6, 6.07) is 12.5. The van der Waals surface area contributed by atoms with Crippen molar-refractivity contribution in [3.8, 4) is 11.5 Å². The highest BCUT2D eigenvalue weighted by Gasteiger charge is 2.26. The minimum absolute atomic E-state index is 0.0147. The monoisotopic (exact) mass is 397 g/mol. The second-order valence-corrected chi connectivity index (χ2v) is 6.92. The molecule has 0 unspecified atom stereocenters. The van der Waals surface area contributed by atoms with Gasteiger partial charge in [0.05, 0.1) is 11.0 Å². The lowest BCUT2D eigenvalue weighted by Gasteiger charge is -2.38. The van der Waals surface area contributed by atoms with Crippen LogP contribution in [0.3, 0.4) is 0 Å². The molecule has 0 N–H and O–H groups in total. The Bertz CT molecular complexity index is 982. The van der Waals surface area contributed by atoms with Gasteiger partial charge in [-0.15, -0.1) is 10.2 Å². The summed E-state index contributed by atoms with van der Waals surface area (Å²) < 4.78 is 18.9. The van der Waals surface area contributed by atoms with Gasteiger partial charge in [-0.25, -0.2) is 4.39 Å². The first-order valence-corrected chi connectivity index (χ1v) is 9.34. The van der Waals surface area contributed by atoms with Gasteiger partial charge >= 0.3 is 0 Å². The number of nitrogens with zero attached hydrogens (tertiary/aromatic N) is 5. The van der Waals surface area contributed by atoms with E-state index < -0.39 is 4.92 Å². The quantitative estimate of drug-likeness (QED) is 0.479. The van der Waals surface area contributed by atoms with Crippen molar-refractivity contribution in [1.29, 1.82) is 0 Å². The molecule has 1 fully saturated rings. The number of rotatable bonds is 5. The molecule has 9 heteroatoms. The molecular formula is C20H20FN5O3. The molecule has 3 aromatic rings. The van der Waals surface area contributed by atoms with Crippen LogP contribution in [0.1, 0.15) is 18.9 Å². The molecule has 0 bridgehead atoms. The molecule has 29 heavy (non-hydrogen) atoms. The minimum atomic E-state index is -0.448. The fourth-order valence-electron chi connectivity index (χ4n) is 3.42. The fraction of sp³-hybridized carbons (Fsp3) is 0.300. The van der Waals surface area contributed by atoms with Crippen molar-refractivity contribution in [2.75, 3.05) is 31.1 Å². The van der Waals surface area contributed by atoms with Crippen molar-refractivity contribution in [2.24, 2.45) is 0 Å². The van der Waals surface area contributed by atoms with Gasteiger partial charge in [0.2, 0.25) is 11.8 Å². The van der Waals surface area contributed by atoms with Crippen LogP contribution in [0.4, 0.5) is 15.8 Å². The molecule has 4 rings (SSSR count). The van der Waals surface area contributed by atoms with Gasteiger partial charge in [-0.3, -0.25) is 15.0 Å². The molecule has 0 saturated carbocycles. The summed E-state index contributed by atoms with van der Waals surface area (Å²) in [4.78, 5) is 14.8. The number of aromatic nitrogens is 2. The topological polar surface area (TPSA) is 88.5 Å². The van der Waals surface area contributed by atoms with E-state index in [1.54, 1.807) is 24.3 Å². The number of piperazine rings is 1. The highest BCUT2D eigenvalue weighted by molar-refractivity contribution is 5.55. The maximum atomic E-state index is 13.1. The molecule has 1 atom stereocenters. The number of halogens is 1. The summed E-state index contributed by atoms with van der Waals surface area (Å²) in [5.41, 5.74) is 1.67. The van der Waals surface area contributed by atoms with Gasteiger partial charge in [0.15, 0.2) is 0 Å². The van der Waals surface area contributed by atoms with Crippen LogP contribution >= 0.6 is 0 Å². The molecular weight excluding hydrogens is 377 g/mol. The average molecular weight is 397 g/mol. The van der Waals surface area contributed by atoms with Gasteiger partial charge in [0.1, 0.15) is 5.82 Å². The number of nitro benzene ring substituents is 1. The van der Waals surface area contributed by atoms with Crippen LogP contribution in [0.15, 0.2) is 52.9 Å². The predicted octanol–water partition coefficient (Wildman–Crippen LogP) is 3.67. The Morgan fingerprint density at radius 1 is 1.03 bits per heavy atom. The van der Waals surface area contributed by atoms with E-state index in [-0.39, 0.29) is 17.5 Å². The third-order valence-corrected chi connectivity index (χ3v) is 5.18. The lowest BCUT2D eigenvalue weighted by atomic mass is 10.2. The molecule has 150 valence electrons. The van der Waals surface area contributed by atoms with E-state index in [2.05, 4.69) is 20.0 Å². The molecule has 1 aromatic heterocycles. The summed E-state index contributed by atoms with van der Waals surface area (Å²) in [7, 11) is 0. The summed E-state index contributed by atoms with van der Waals surface area (Å²) in [6.07, 6.45) is 0.